The predicted molar refractivity (Wildman–Crippen MR) is 18.2 cm³/mol. The van der Waals surface area contributed by atoms with Crippen molar-refractivity contribution in [1.29, 1.82) is 5.26 Å². The molecular formula is CHBLiN. The van der Waals surface area contributed by atoms with E-state index < -0.39 is 0 Å². The third kappa shape index (κ3) is 123. The summed E-state index contributed by atoms with van der Waals surface area (Å²) in [5, 5.41) is 6.50. The van der Waals surface area contributed by atoms with Crippen LogP contribution in [0.5, 0.6) is 0 Å². The molecular weight excluding hydrogens is 43.8 g/mol. The largest absolute Gasteiger partial charge is 0.202 e. The fraction of sp³-hybridized carbons (Fsp3) is 0. The Kier molecular flexibility index (Phi) is 4890. The summed E-state index contributed by atoms with van der Waals surface area (Å²) in [6.07, 6.45) is 0. The zero-order valence-corrected chi connectivity index (χ0v) is 2.60. The SMILES string of the molecule is C#N.[B].[Li]. The van der Waals surface area contributed by atoms with Crippen molar-refractivity contribution in [3.8, 4) is 6.57 Å². The third-order valence-electron chi connectivity index (χ3n) is 0. The molecule has 0 fully saturated rings. The number of hydrogen-bond acceptors (Lipinski definition) is 1. The van der Waals surface area contributed by atoms with Gasteiger partial charge in [0.25, 0.3) is 0 Å². The first kappa shape index (κ1) is 31.1. The Hall–Kier alpha value is 0.152. The molecule has 0 aromatic heterocycles. The average Bonchev–Trinajstić information content (AvgIpc) is 1.00. The second-order valence-electron chi connectivity index (χ2n) is 0. The smallest absolute Gasteiger partial charge is 0.0462 e. The van der Waals surface area contributed by atoms with E-state index in [2.05, 4.69) is 6.57 Å². The standard InChI is InChI=1S/CHN.B.Li/c1-2;;/h1H;;. The molecule has 0 saturated carbocycles. The van der Waals surface area contributed by atoms with Gasteiger partial charge in [-0.05, 0) is 0 Å². The summed E-state index contributed by atoms with van der Waals surface area (Å²) in [5.41, 5.74) is 0. The molecule has 4 heavy (non-hydrogen) atoms. The number of nitriles is 1. The second-order valence-corrected chi connectivity index (χ2v) is 0. The Morgan fingerprint density at radius 2 is 1.25 bits per heavy atom. The van der Waals surface area contributed by atoms with Crippen molar-refractivity contribution in [1.82, 2.24) is 0 Å². The van der Waals surface area contributed by atoms with Crippen LogP contribution in [0.2, 0.25) is 0 Å². The molecule has 0 atom stereocenters. The van der Waals surface area contributed by atoms with Gasteiger partial charge in [0.05, 0.1) is 0 Å². The van der Waals surface area contributed by atoms with Gasteiger partial charge in [-0.1, -0.05) is 0 Å². The number of hydrogen-bond donors (Lipinski definition) is 0. The molecule has 0 N–H and O–H groups in total. The van der Waals surface area contributed by atoms with E-state index in [0.717, 1.165) is 0 Å². The van der Waals surface area contributed by atoms with Gasteiger partial charge in [-0.2, -0.15) is 0 Å². The summed E-state index contributed by atoms with van der Waals surface area (Å²) >= 11 is 0. The van der Waals surface area contributed by atoms with Gasteiger partial charge in [-0.15, -0.1) is 0 Å². The molecule has 1 nitrogen and oxygen atoms in total. The molecule has 4 radical (unpaired) electrons. The summed E-state index contributed by atoms with van der Waals surface area (Å²) < 4.78 is 0. The van der Waals surface area contributed by atoms with Crippen LogP contribution < -0.4 is 0 Å². The Bertz CT molecular complexity index is 12.8. The van der Waals surface area contributed by atoms with Gasteiger partial charge in [0.15, 0.2) is 0 Å². The molecule has 0 bridgehead atoms. The van der Waals surface area contributed by atoms with Crippen LogP contribution in [-0.4, -0.2) is 27.3 Å². The molecule has 0 spiro atoms. The molecule has 0 aromatic carbocycles. The molecule has 3 heteroatoms. The maximum Gasteiger partial charge on any atom is 0.0462 e. The van der Waals surface area contributed by atoms with Gasteiger partial charge in [0.1, 0.15) is 0 Å². The molecule has 0 amide bonds. The fourth-order valence-corrected chi connectivity index (χ4v) is 0. The monoisotopic (exact) mass is 45.0 g/mol. The van der Waals surface area contributed by atoms with Gasteiger partial charge in [-0.25, -0.2) is 5.26 Å². The van der Waals surface area contributed by atoms with E-state index in [1.807, 2.05) is 0 Å². The van der Waals surface area contributed by atoms with Gasteiger partial charge >= 0.3 is 0 Å². The Morgan fingerprint density at radius 1 is 1.25 bits per heavy atom. The summed E-state index contributed by atoms with van der Waals surface area (Å²) in [6.45, 7) is 3.50. The van der Waals surface area contributed by atoms with Crippen LogP contribution in [0.4, 0.5) is 0 Å². The van der Waals surface area contributed by atoms with E-state index in [9.17, 15) is 0 Å². The van der Waals surface area contributed by atoms with E-state index in [0.29, 0.717) is 0 Å². The minimum absolute atomic E-state index is 0. The van der Waals surface area contributed by atoms with E-state index in [4.69, 9.17) is 5.26 Å². The van der Waals surface area contributed by atoms with Crippen LogP contribution >= 0.6 is 0 Å². The van der Waals surface area contributed by atoms with Crippen LogP contribution in [0, 0.1) is 11.8 Å². The molecule has 0 aliphatic heterocycles. The fourth-order valence-electron chi connectivity index (χ4n) is 0. The van der Waals surface area contributed by atoms with Crippen LogP contribution in [0.25, 0.3) is 0 Å². The van der Waals surface area contributed by atoms with Gasteiger partial charge < -0.3 is 0 Å². The molecule has 0 unspecified atom stereocenters. The number of rotatable bonds is 0. The maximum absolute atomic E-state index is 6.50. The normalized spacial score (nSPS) is 0.500. The van der Waals surface area contributed by atoms with E-state index in [1.54, 1.807) is 0 Å². The van der Waals surface area contributed by atoms with Crippen molar-refractivity contribution in [2.24, 2.45) is 0 Å². The van der Waals surface area contributed by atoms with Crippen molar-refractivity contribution < 1.29 is 0 Å². The van der Waals surface area contributed by atoms with Crippen LogP contribution in [0.15, 0.2) is 0 Å². The first-order valence-electron chi connectivity index (χ1n) is 0.258. The van der Waals surface area contributed by atoms with E-state index in [-0.39, 0.29) is 27.3 Å². The molecule has 0 aliphatic rings. The molecule has 0 aliphatic carbocycles. The average molecular weight is 44.8 g/mol. The molecule has 0 rings (SSSR count). The van der Waals surface area contributed by atoms with Gasteiger partial charge in [-0.3, -0.25) is 0 Å². The zero-order valence-electron chi connectivity index (χ0n) is 2.60. The quantitative estimate of drug-likeness (QED) is 0.333. The zero-order chi connectivity index (χ0) is 2.00. The topological polar surface area (TPSA) is 23.8 Å². The Balaban J connectivity index is -0.00000000500. The van der Waals surface area contributed by atoms with Crippen molar-refractivity contribution in [3.63, 3.8) is 0 Å². The van der Waals surface area contributed by atoms with Crippen molar-refractivity contribution >= 4 is 27.3 Å². The minimum Gasteiger partial charge on any atom is -0.202 e. The number of nitrogens with zero attached hydrogens (tertiary/aromatic N) is 1. The van der Waals surface area contributed by atoms with Crippen LogP contribution in [-0.2, 0) is 0 Å². The summed E-state index contributed by atoms with van der Waals surface area (Å²) in [4.78, 5) is 0. The molecule has 0 aromatic rings. The van der Waals surface area contributed by atoms with Crippen molar-refractivity contribution in [2.75, 3.05) is 0 Å². The minimum atomic E-state index is 0. The Labute approximate surface area is 39.8 Å². The van der Waals surface area contributed by atoms with Gasteiger partial charge in [0.2, 0.25) is 0 Å². The van der Waals surface area contributed by atoms with Crippen LogP contribution in [0.3, 0.4) is 0 Å². The summed E-state index contributed by atoms with van der Waals surface area (Å²) in [7, 11) is 0. The van der Waals surface area contributed by atoms with Gasteiger partial charge in [0, 0.05) is 33.8 Å². The van der Waals surface area contributed by atoms with Crippen LogP contribution in [0.1, 0.15) is 0 Å². The summed E-state index contributed by atoms with van der Waals surface area (Å²) in [6, 6.07) is 0. The molecule has 0 heterocycles. The first-order chi connectivity index (χ1) is 1.00. The molecule has 0 saturated heterocycles. The first-order valence-corrected chi connectivity index (χ1v) is 0.258. The predicted octanol–water partition coefficient (Wildman–Crippen LogP) is -0.622. The van der Waals surface area contributed by atoms with E-state index in [1.165, 1.54) is 0 Å². The third-order valence-corrected chi connectivity index (χ3v) is 0. The van der Waals surface area contributed by atoms with Crippen molar-refractivity contribution in [3.05, 3.63) is 0 Å². The van der Waals surface area contributed by atoms with E-state index >= 15 is 0 Å². The van der Waals surface area contributed by atoms with Crippen molar-refractivity contribution in [2.45, 2.75) is 0 Å². The maximum atomic E-state index is 6.50. The second kappa shape index (κ2) is 629. The molecule has 14 valence electrons. The Morgan fingerprint density at radius 3 is 1.25 bits per heavy atom. The summed E-state index contributed by atoms with van der Waals surface area (Å²) in [5.74, 6) is 0.